The normalized spacial score (nSPS) is 12.4. The van der Waals surface area contributed by atoms with E-state index >= 15 is 0 Å². The molecule has 2 heteroatoms. The van der Waals surface area contributed by atoms with Crippen molar-refractivity contribution in [2.24, 2.45) is 5.92 Å². The maximum absolute atomic E-state index is 4.43. The van der Waals surface area contributed by atoms with Crippen LogP contribution < -0.4 is 0 Å². The minimum Gasteiger partial charge on any atom is -0.244 e. The summed E-state index contributed by atoms with van der Waals surface area (Å²) in [5, 5.41) is 1.02. The average molecular weight is 245 g/mol. The summed E-state index contributed by atoms with van der Waals surface area (Å²) in [6.45, 7) is 14.1. The summed E-state index contributed by atoms with van der Waals surface area (Å²) in [6.07, 6.45) is 9.79. The SMILES string of the molecule is C=C/C=C(\C=C/C)c1cnc(C(=C)C(C)C)s1. The van der Waals surface area contributed by atoms with Crippen molar-refractivity contribution in [2.75, 3.05) is 0 Å². The molecule has 1 nitrogen and oxygen atoms in total. The van der Waals surface area contributed by atoms with Crippen molar-refractivity contribution in [1.29, 1.82) is 0 Å². The van der Waals surface area contributed by atoms with E-state index in [4.69, 9.17) is 0 Å². The first-order chi connectivity index (χ1) is 8.10. The highest BCUT2D eigenvalue weighted by Crippen LogP contribution is 2.29. The number of nitrogens with zero attached hydrogens (tertiary/aromatic N) is 1. The highest BCUT2D eigenvalue weighted by atomic mass is 32.1. The first-order valence-electron chi connectivity index (χ1n) is 5.71. The van der Waals surface area contributed by atoms with Crippen LogP contribution in [0.1, 0.15) is 30.7 Å². The second-order valence-electron chi connectivity index (χ2n) is 4.07. The van der Waals surface area contributed by atoms with E-state index in [-0.39, 0.29) is 0 Å². The fourth-order valence-electron chi connectivity index (χ4n) is 1.33. The highest BCUT2D eigenvalue weighted by Gasteiger charge is 2.09. The monoisotopic (exact) mass is 245 g/mol. The van der Waals surface area contributed by atoms with E-state index < -0.39 is 0 Å². The molecule has 17 heavy (non-hydrogen) atoms. The van der Waals surface area contributed by atoms with Gasteiger partial charge in [-0.2, -0.15) is 0 Å². The van der Waals surface area contributed by atoms with Gasteiger partial charge in [-0.15, -0.1) is 11.3 Å². The van der Waals surface area contributed by atoms with Crippen molar-refractivity contribution < 1.29 is 0 Å². The molecule has 0 aromatic carbocycles. The molecule has 0 atom stereocenters. The first kappa shape index (κ1) is 13.7. The van der Waals surface area contributed by atoms with Gasteiger partial charge in [0.15, 0.2) is 0 Å². The van der Waals surface area contributed by atoms with Crippen LogP contribution in [-0.4, -0.2) is 4.98 Å². The molecule has 0 saturated carbocycles. The van der Waals surface area contributed by atoms with Crippen molar-refractivity contribution in [3.63, 3.8) is 0 Å². The smallest absolute Gasteiger partial charge is 0.119 e. The molecule has 0 spiro atoms. The molecule has 0 aliphatic heterocycles. The van der Waals surface area contributed by atoms with Gasteiger partial charge in [-0.3, -0.25) is 0 Å². The van der Waals surface area contributed by atoms with Gasteiger partial charge in [0, 0.05) is 6.20 Å². The van der Waals surface area contributed by atoms with Gasteiger partial charge in [0.2, 0.25) is 0 Å². The van der Waals surface area contributed by atoms with Gasteiger partial charge in [-0.05, 0) is 24.0 Å². The zero-order chi connectivity index (χ0) is 12.8. The summed E-state index contributed by atoms with van der Waals surface area (Å²) in [7, 11) is 0. The molecular weight excluding hydrogens is 226 g/mol. The molecule has 0 fully saturated rings. The van der Waals surface area contributed by atoms with E-state index in [0.717, 1.165) is 21.0 Å². The number of rotatable bonds is 5. The molecule has 1 rings (SSSR count). The summed E-state index contributed by atoms with van der Waals surface area (Å²) < 4.78 is 0. The van der Waals surface area contributed by atoms with Gasteiger partial charge >= 0.3 is 0 Å². The number of hydrogen-bond donors (Lipinski definition) is 0. The van der Waals surface area contributed by atoms with Gasteiger partial charge in [-0.1, -0.05) is 51.3 Å². The van der Waals surface area contributed by atoms with Crippen molar-refractivity contribution in [1.82, 2.24) is 4.98 Å². The molecule has 1 aromatic rings. The Bertz CT molecular complexity index is 461. The fourth-order valence-corrected chi connectivity index (χ4v) is 2.37. The van der Waals surface area contributed by atoms with Crippen LogP contribution in [0.5, 0.6) is 0 Å². The Labute approximate surface area is 108 Å². The Kier molecular flexibility index (Phi) is 5.11. The maximum Gasteiger partial charge on any atom is 0.119 e. The summed E-state index contributed by atoms with van der Waals surface area (Å²) in [4.78, 5) is 5.59. The Morgan fingerprint density at radius 3 is 2.71 bits per heavy atom. The molecule has 0 unspecified atom stereocenters. The number of hydrogen-bond acceptors (Lipinski definition) is 2. The molecule has 1 heterocycles. The standard InChI is InChI=1S/C15H19NS/c1-6-8-13(9-7-2)14-10-16-15(17-14)12(5)11(3)4/h6-11H,1,5H2,2-4H3/b9-7-,13-8+. The molecule has 0 bridgehead atoms. The van der Waals surface area contributed by atoms with Crippen LogP contribution in [0, 0.1) is 5.92 Å². The minimum absolute atomic E-state index is 0.433. The lowest BCUT2D eigenvalue weighted by Gasteiger charge is -2.04. The second-order valence-corrected chi connectivity index (χ2v) is 5.10. The second kappa shape index (κ2) is 6.36. The number of aromatic nitrogens is 1. The van der Waals surface area contributed by atoms with Gasteiger partial charge in [0.25, 0.3) is 0 Å². The lowest BCUT2D eigenvalue weighted by Crippen LogP contribution is -1.89. The molecule has 0 saturated heterocycles. The van der Waals surface area contributed by atoms with Gasteiger partial charge in [0.05, 0.1) is 4.88 Å². The lowest BCUT2D eigenvalue weighted by atomic mass is 10.1. The molecule has 0 aliphatic rings. The quantitative estimate of drug-likeness (QED) is 0.668. The molecule has 90 valence electrons. The molecule has 0 N–H and O–H groups in total. The van der Waals surface area contributed by atoms with E-state index in [1.807, 2.05) is 25.3 Å². The van der Waals surface area contributed by atoms with Gasteiger partial charge < -0.3 is 0 Å². The molecule has 0 radical (unpaired) electrons. The van der Waals surface area contributed by atoms with Crippen molar-refractivity contribution >= 4 is 22.5 Å². The Hall–Kier alpha value is -1.41. The van der Waals surface area contributed by atoms with Crippen LogP contribution in [0.15, 0.2) is 43.7 Å². The molecule has 0 amide bonds. The number of thiazole rings is 1. The van der Waals surface area contributed by atoms with Crippen LogP contribution >= 0.6 is 11.3 Å². The summed E-state index contributed by atoms with van der Waals surface area (Å²) in [5.74, 6) is 0.433. The largest absolute Gasteiger partial charge is 0.244 e. The lowest BCUT2D eigenvalue weighted by molar-refractivity contribution is 0.856. The van der Waals surface area contributed by atoms with Gasteiger partial charge in [0.1, 0.15) is 5.01 Å². The van der Waals surface area contributed by atoms with Crippen LogP contribution in [0.2, 0.25) is 0 Å². The topological polar surface area (TPSA) is 12.9 Å². The van der Waals surface area contributed by atoms with Crippen molar-refractivity contribution in [3.8, 4) is 0 Å². The van der Waals surface area contributed by atoms with E-state index in [2.05, 4.69) is 38.1 Å². The Morgan fingerprint density at radius 2 is 2.18 bits per heavy atom. The fraction of sp³-hybridized carbons (Fsp3) is 0.267. The zero-order valence-corrected chi connectivity index (χ0v) is 11.6. The van der Waals surface area contributed by atoms with E-state index in [1.165, 1.54) is 0 Å². The highest BCUT2D eigenvalue weighted by molar-refractivity contribution is 7.13. The third-order valence-corrected chi connectivity index (χ3v) is 3.53. The van der Waals surface area contributed by atoms with Crippen LogP contribution in [-0.2, 0) is 0 Å². The van der Waals surface area contributed by atoms with E-state index in [0.29, 0.717) is 5.92 Å². The summed E-state index contributed by atoms with van der Waals surface area (Å²) in [6, 6.07) is 0. The predicted octanol–water partition coefficient (Wildman–Crippen LogP) is 4.96. The van der Waals surface area contributed by atoms with Crippen LogP contribution in [0.25, 0.3) is 11.1 Å². The van der Waals surface area contributed by atoms with Crippen LogP contribution in [0.4, 0.5) is 0 Å². The first-order valence-corrected chi connectivity index (χ1v) is 6.52. The number of allylic oxidation sites excluding steroid dienone is 6. The predicted molar refractivity (Wildman–Crippen MR) is 79.0 cm³/mol. The summed E-state index contributed by atoms with van der Waals surface area (Å²) >= 11 is 1.68. The van der Waals surface area contributed by atoms with Gasteiger partial charge in [-0.25, -0.2) is 4.98 Å². The summed E-state index contributed by atoms with van der Waals surface area (Å²) in [5.41, 5.74) is 2.24. The van der Waals surface area contributed by atoms with Crippen molar-refractivity contribution in [2.45, 2.75) is 20.8 Å². The van der Waals surface area contributed by atoms with E-state index in [1.54, 1.807) is 17.4 Å². The average Bonchev–Trinajstić information content (AvgIpc) is 2.76. The van der Waals surface area contributed by atoms with E-state index in [9.17, 15) is 0 Å². The molecule has 0 aliphatic carbocycles. The Balaban J connectivity index is 3.05. The van der Waals surface area contributed by atoms with Crippen molar-refractivity contribution in [3.05, 3.63) is 53.5 Å². The zero-order valence-electron chi connectivity index (χ0n) is 10.7. The third kappa shape index (κ3) is 3.53. The molecule has 1 aromatic heterocycles. The molecular formula is C15H19NS. The minimum atomic E-state index is 0.433. The maximum atomic E-state index is 4.43. The van der Waals surface area contributed by atoms with Crippen LogP contribution in [0.3, 0.4) is 0 Å². The Morgan fingerprint density at radius 1 is 1.47 bits per heavy atom. The third-order valence-electron chi connectivity index (χ3n) is 2.41.